The first-order valence-electron chi connectivity index (χ1n) is 6.94. The van der Waals surface area contributed by atoms with Crippen LogP contribution in [0.25, 0.3) is 10.1 Å². The number of halogens is 2. The van der Waals surface area contributed by atoms with Gasteiger partial charge in [0, 0.05) is 22.2 Å². The van der Waals surface area contributed by atoms with Crippen LogP contribution >= 0.6 is 22.9 Å². The molecular weight excluding hydrogens is 321 g/mol. The first kappa shape index (κ1) is 15.2. The van der Waals surface area contributed by atoms with Crippen LogP contribution in [0.2, 0.25) is 5.15 Å². The first-order valence-corrected chi connectivity index (χ1v) is 8.13. The Labute approximate surface area is 137 Å². The van der Waals surface area contributed by atoms with Crippen molar-refractivity contribution in [3.05, 3.63) is 51.5 Å². The molecule has 0 saturated heterocycles. The monoisotopic (exact) mass is 335 g/mol. The Morgan fingerprint density at radius 3 is 2.82 bits per heavy atom. The summed E-state index contributed by atoms with van der Waals surface area (Å²) < 4.78 is 14.5. The second-order valence-corrected chi connectivity index (χ2v) is 6.78. The molecule has 0 bridgehead atoms. The van der Waals surface area contributed by atoms with Crippen molar-refractivity contribution in [3.8, 4) is 0 Å². The van der Waals surface area contributed by atoms with E-state index in [1.54, 1.807) is 29.5 Å². The number of thiophene rings is 1. The van der Waals surface area contributed by atoms with E-state index in [0.29, 0.717) is 11.0 Å². The number of hydrogen-bond acceptors (Lipinski definition) is 4. The van der Waals surface area contributed by atoms with Crippen LogP contribution in [0.4, 0.5) is 10.2 Å². The molecule has 114 valence electrons. The topological polar surface area (TPSA) is 37.8 Å². The lowest BCUT2D eigenvalue weighted by atomic mass is 10.0. The van der Waals surface area contributed by atoms with Gasteiger partial charge in [0.15, 0.2) is 0 Å². The van der Waals surface area contributed by atoms with Crippen LogP contribution in [-0.4, -0.2) is 16.5 Å². The molecule has 2 heterocycles. The Hall–Kier alpha value is -1.72. The molecule has 2 aromatic heterocycles. The molecular formula is C16H15ClFN3S. The van der Waals surface area contributed by atoms with Crippen molar-refractivity contribution >= 4 is 38.8 Å². The highest BCUT2D eigenvalue weighted by molar-refractivity contribution is 7.19. The Kier molecular flexibility index (Phi) is 4.27. The maximum absolute atomic E-state index is 13.5. The molecule has 0 amide bonds. The lowest BCUT2D eigenvalue weighted by molar-refractivity contribution is 0.629. The molecule has 3 rings (SSSR count). The van der Waals surface area contributed by atoms with E-state index in [1.165, 1.54) is 22.2 Å². The van der Waals surface area contributed by atoms with Gasteiger partial charge in [0.1, 0.15) is 23.1 Å². The fourth-order valence-corrected chi connectivity index (χ4v) is 3.99. The summed E-state index contributed by atoms with van der Waals surface area (Å²) in [5.41, 5.74) is 2.25. The number of hydrogen-bond donors (Lipinski definition) is 1. The van der Waals surface area contributed by atoms with Gasteiger partial charge in [0.2, 0.25) is 0 Å². The standard InChI is InChI=1S/C16H15ClFN3S/c1-9-5-11(18)6-13-16(9)12(10(2)22-13)3-4-19-15-7-14(17)20-8-21-15/h5-8H,3-4H2,1-2H3,(H,19,20,21). The fraction of sp³-hybridized carbons (Fsp3) is 0.250. The number of aryl methyl sites for hydroxylation is 2. The van der Waals surface area contributed by atoms with E-state index in [4.69, 9.17) is 11.6 Å². The van der Waals surface area contributed by atoms with Gasteiger partial charge < -0.3 is 5.32 Å². The van der Waals surface area contributed by atoms with Crippen LogP contribution in [0.5, 0.6) is 0 Å². The third kappa shape index (κ3) is 3.05. The average Bonchev–Trinajstić information content (AvgIpc) is 2.75. The van der Waals surface area contributed by atoms with Crippen molar-refractivity contribution < 1.29 is 4.39 Å². The summed E-state index contributed by atoms with van der Waals surface area (Å²) in [6.45, 7) is 4.77. The number of nitrogens with one attached hydrogen (secondary N) is 1. The smallest absolute Gasteiger partial charge is 0.134 e. The molecule has 22 heavy (non-hydrogen) atoms. The third-order valence-electron chi connectivity index (χ3n) is 3.57. The largest absolute Gasteiger partial charge is 0.370 e. The fourth-order valence-electron chi connectivity index (χ4n) is 2.63. The van der Waals surface area contributed by atoms with Crippen LogP contribution in [0.3, 0.4) is 0 Å². The highest BCUT2D eigenvalue weighted by Gasteiger charge is 2.12. The molecule has 6 heteroatoms. The predicted octanol–water partition coefficient (Wildman–Crippen LogP) is 4.76. The van der Waals surface area contributed by atoms with Crippen LogP contribution in [-0.2, 0) is 6.42 Å². The van der Waals surface area contributed by atoms with Gasteiger partial charge in [-0.25, -0.2) is 14.4 Å². The van der Waals surface area contributed by atoms with Crippen LogP contribution in [0.1, 0.15) is 16.0 Å². The molecule has 0 aliphatic rings. The van der Waals surface area contributed by atoms with Gasteiger partial charge in [-0.15, -0.1) is 11.3 Å². The number of anilines is 1. The van der Waals surface area contributed by atoms with E-state index in [2.05, 4.69) is 22.2 Å². The Bertz CT molecular complexity index is 832. The second-order valence-electron chi connectivity index (χ2n) is 5.14. The average molecular weight is 336 g/mol. The van der Waals surface area contributed by atoms with Gasteiger partial charge in [-0.1, -0.05) is 11.6 Å². The summed E-state index contributed by atoms with van der Waals surface area (Å²) in [7, 11) is 0. The molecule has 0 spiro atoms. The molecule has 0 aliphatic carbocycles. The van der Waals surface area contributed by atoms with Gasteiger partial charge in [-0.3, -0.25) is 0 Å². The number of aromatic nitrogens is 2. The van der Waals surface area contributed by atoms with Crippen molar-refractivity contribution in [2.75, 3.05) is 11.9 Å². The van der Waals surface area contributed by atoms with Crippen molar-refractivity contribution in [2.45, 2.75) is 20.3 Å². The van der Waals surface area contributed by atoms with Gasteiger partial charge in [0.05, 0.1) is 0 Å². The zero-order valence-corrected chi connectivity index (χ0v) is 13.9. The van der Waals surface area contributed by atoms with Crippen LogP contribution in [0, 0.1) is 19.7 Å². The van der Waals surface area contributed by atoms with E-state index < -0.39 is 0 Å². The highest BCUT2D eigenvalue weighted by atomic mass is 35.5. The Balaban J connectivity index is 1.81. The van der Waals surface area contributed by atoms with Gasteiger partial charge >= 0.3 is 0 Å². The molecule has 0 saturated carbocycles. The molecule has 0 atom stereocenters. The first-order chi connectivity index (χ1) is 10.5. The number of benzene rings is 1. The maximum Gasteiger partial charge on any atom is 0.134 e. The van der Waals surface area contributed by atoms with Crippen LogP contribution < -0.4 is 5.32 Å². The number of rotatable bonds is 4. The number of fused-ring (bicyclic) bond motifs is 1. The van der Waals surface area contributed by atoms with Crippen LogP contribution in [0.15, 0.2) is 24.5 Å². The highest BCUT2D eigenvalue weighted by Crippen LogP contribution is 2.34. The molecule has 1 N–H and O–H groups in total. The molecule has 0 fully saturated rings. The third-order valence-corrected chi connectivity index (χ3v) is 4.87. The summed E-state index contributed by atoms with van der Waals surface area (Å²) >= 11 is 7.48. The van der Waals surface area contributed by atoms with E-state index in [-0.39, 0.29) is 5.82 Å². The van der Waals surface area contributed by atoms with Crippen molar-refractivity contribution in [1.29, 1.82) is 0 Å². The van der Waals surface area contributed by atoms with E-state index in [1.807, 2.05) is 6.92 Å². The Morgan fingerprint density at radius 2 is 2.05 bits per heavy atom. The summed E-state index contributed by atoms with van der Waals surface area (Å²) in [6.07, 6.45) is 2.28. The zero-order valence-electron chi connectivity index (χ0n) is 12.3. The van der Waals surface area contributed by atoms with E-state index >= 15 is 0 Å². The normalized spacial score (nSPS) is 11.1. The molecule has 0 aliphatic heterocycles. The summed E-state index contributed by atoms with van der Waals surface area (Å²) in [6, 6.07) is 4.90. The minimum absolute atomic E-state index is 0.174. The molecule has 3 nitrogen and oxygen atoms in total. The maximum atomic E-state index is 13.5. The zero-order chi connectivity index (χ0) is 15.7. The van der Waals surface area contributed by atoms with Gasteiger partial charge in [-0.05, 0) is 48.9 Å². The Morgan fingerprint density at radius 1 is 1.23 bits per heavy atom. The summed E-state index contributed by atoms with van der Waals surface area (Å²) in [4.78, 5) is 9.20. The van der Waals surface area contributed by atoms with Crippen molar-refractivity contribution in [3.63, 3.8) is 0 Å². The minimum atomic E-state index is -0.174. The van der Waals surface area contributed by atoms with Crippen molar-refractivity contribution in [1.82, 2.24) is 9.97 Å². The molecule has 0 unspecified atom stereocenters. The quantitative estimate of drug-likeness (QED) is 0.699. The number of nitrogens with zero attached hydrogens (tertiary/aromatic N) is 2. The molecule has 3 aromatic rings. The second kappa shape index (κ2) is 6.18. The summed E-state index contributed by atoms with van der Waals surface area (Å²) in [5.74, 6) is 0.534. The van der Waals surface area contributed by atoms with Gasteiger partial charge in [-0.2, -0.15) is 0 Å². The van der Waals surface area contributed by atoms with Gasteiger partial charge in [0.25, 0.3) is 0 Å². The lowest BCUT2D eigenvalue weighted by Crippen LogP contribution is -2.07. The van der Waals surface area contributed by atoms with E-state index in [9.17, 15) is 4.39 Å². The lowest BCUT2D eigenvalue weighted by Gasteiger charge is -2.07. The summed E-state index contributed by atoms with van der Waals surface area (Å²) in [5, 5.41) is 4.83. The predicted molar refractivity (Wildman–Crippen MR) is 90.5 cm³/mol. The molecule has 1 aromatic carbocycles. The molecule has 0 radical (unpaired) electrons. The minimum Gasteiger partial charge on any atom is -0.370 e. The van der Waals surface area contributed by atoms with E-state index in [0.717, 1.165) is 23.2 Å². The SMILES string of the molecule is Cc1sc2cc(F)cc(C)c2c1CCNc1cc(Cl)ncn1. The van der Waals surface area contributed by atoms with Crippen molar-refractivity contribution in [2.24, 2.45) is 0 Å².